The molecule has 0 aliphatic carbocycles. The van der Waals surface area contributed by atoms with E-state index in [1.54, 1.807) is 0 Å². The van der Waals surface area contributed by atoms with Crippen molar-refractivity contribution in [2.24, 2.45) is 7.05 Å². The van der Waals surface area contributed by atoms with E-state index >= 15 is 0 Å². The Bertz CT molecular complexity index is 1220. The summed E-state index contributed by atoms with van der Waals surface area (Å²) in [5.74, 6) is 0. The molecule has 0 unspecified atom stereocenters. The molecule has 118 valence electrons. The first-order valence-corrected chi connectivity index (χ1v) is 8.59. The summed E-state index contributed by atoms with van der Waals surface area (Å²) < 4.78 is 8.40. The van der Waals surface area contributed by atoms with E-state index in [-0.39, 0.29) is 0 Å². The highest BCUT2D eigenvalue weighted by atomic mass is 16.3. The highest BCUT2D eigenvalue weighted by Crippen LogP contribution is 2.37. The Labute approximate surface area is 140 Å². The highest BCUT2D eigenvalue weighted by molar-refractivity contribution is 6.17. The van der Waals surface area contributed by atoms with E-state index in [0.717, 1.165) is 24.0 Å². The number of furan rings is 1. The maximum Gasteiger partial charge on any atom is 0.137 e. The molecule has 2 nitrogen and oxygen atoms in total. The molecule has 0 bridgehead atoms. The average molecular weight is 313 g/mol. The summed E-state index contributed by atoms with van der Waals surface area (Å²) in [6, 6.07) is 19.5. The third-order valence-electron chi connectivity index (χ3n) is 5.12. The average Bonchev–Trinajstić information content (AvgIpc) is 3.10. The van der Waals surface area contributed by atoms with Gasteiger partial charge in [0.15, 0.2) is 0 Å². The van der Waals surface area contributed by atoms with Gasteiger partial charge in [0.05, 0.1) is 11.0 Å². The van der Waals surface area contributed by atoms with Crippen LogP contribution in [0.1, 0.15) is 18.9 Å². The van der Waals surface area contributed by atoms with Crippen molar-refractivity contribution in [2.75, 3.05) is 0 Å². The molecule has 2 heterocycles. The predicted octanol–water partition coefficient (Wildman–Crippen LogP) is 6.18. The second-order valence-corrected chi connectivity index (χ2v) is 6.59. The minimum atomic E-state index is 0.957. The van der Waals surface area contributed by atoms with Gasteiger partial charge in [0.25, 0.3) is 0 Å². The first-order chi connectivity index (χ1) is 11.8. The molecular weight excluding hydrogens is 294 g/mol. The van der Waals surface area contributed by atoms with Crippen LogP contribution in [0.3, 0.4) is 0 Å². The van der Waals surface area contributed by atoms with E-state index in [0.29, 0.717) is 0 Å². The van der Waals surface area contributed by atoms with Crippen molar-refractivity contribution in [1.29, 1.82) is 0 Å². The monoisotopic (exact) mass is 313 g/mol. The summed E-state index contributed by atoms with van der Waals surface area (Å²) >= 11 is 0. The molecule has 5 aromatic rings. The van der Waals surface area contributed by atoms with Crippen LogP contribution in [0.2, 0.25) is 0 Å². The van der Waals surface area contributed by atoms with Crippen molar-refractivity contribution in [1.82, 2.24) is 4.57 Å². The summed E-state index contributed by atoms with van der Waals surface area (Å²) in [5, 5.41) is 5.04. The fourth-order valence-electron chi connectivity index (χ4n) is 4.05. The van der Waals surface area contributed by atoms with Crippen LogP contribution in [0, 0.1) is 0 Å². The van der Waals surface area contributed by atoms with Gasteiger partial charge in [-0.1, -0.05) is 49.7 Å². The molecule has 3 aromatic carbocycles. The van der Waals surface area contributed by atoms with Gasteiger partial charge in [0, 0.05) is 34.7 Å². The van der Waals surface area contributed by atoms with Gasteiger partial charge < -0.3 is 8.98 Å². The first-order valence-electron chi connectivity index (χ1n) is 8.59. The van der Waals surface area contributed by atoms with Gasteiger partial charge in [0.2, 0.25) is 0 Å². The zero-order chi connectivity index (χ0) is 16.3. The Morgan fingerprint density at radius 1 is 0.833 bits per heavy atom. The Hall–Kier alpha value is -2.74. The molecule has 0 atom stereocenters. The lowest BCUT2D eigenvalue weighted by atomic mass is 10.0. The minimum Gasteiger partial charge on any atom is -0.456 e. The summed E-state index contributed by atoms with van der Waals surface area (Å²) in [6.07, 6.45) is 2.27. The zero-order valence-corrected chi connectivity index (χ0v) is 14.0. The summed E-state index contributed by atoms with van der Waals surface area (Å²) in [4.78, 5) is 0. The normalized spacial score (nSPS) is 12.1. The van der Waals surface area contributed by atoms with Gasteiger partial charge in [-0.2, -0.15) is 0 Å². The molecule has 2 heteroatoms. The second kappa shape index (κ2) is 4.88. The predicted molar refractivity (Wildman–Crippen MR) is 102 cm³/mol. The Kier molecular flexibility index (Phi) is 2.78. The molecule has 0 aliphatic heterocycles. The van der Waals surface area contributed by atoms with Crippen molar-refractivity contribution in [2.45, 2.75) is 19.8 Å². The van der Waals surface area contributed by atoms with Crippen molar-refractivity contribution >= 4 is 43.7 Å². The van der Waals surface area contributed by atoms with E-state index in [4.69, 9.17) is 4.42 Å². The number of fused-ring (bicyclic) bond motifs is 6. The van der Waals surface area contributed by atoms with Crippen molar-refractivity contribution in [3.8, 4) is 0 Å². The molecule has 5 rings (SSSR count). The molecule has 0 saturated carbocycles. The van der Waals surface area contributed by atoms with Gasteiger partial charge in [-0.3, -0.25) is 0 Å². The standard InChI is InChI=1S/C22H19NO/c1-3-7-14-8-6-10-16-17-12-18-15-9-4-5-11-20(15)24-21(18)13-19(17)23(2)22(14)16/h4-6,8-13H,3,7H2,1-2H3. The summed E-state index contributed by atoms with van der Waals surface area (Å²) in [6.45, 7) is 2.24. The molecule has 0 radical (unpaired) electrons. The van der Waals surface area contributed by atoms with Crippen LogP contribution in [0.15, 0.2) is 59.0 Å². The molecule has 0 spiro atoms. The quantitative estimate of drug-likeness (QED) is 0.380. The van der Waals surface area contributed by atoms with Gasteiger partial charge in [0.1, 0.15) is 11.2 Å². The number of rotatable bonds is 2. The topological polar surface area (TPSA) is 18.1 Å². The molecular formula is C22H19NO. The summed E-state index contributed by atoms with van der Waals surface area (Å²) in [5.41, 5.74) is 5.94. The number of nitrogens with zero attached hydrogens (tertiary/aromatic N) is 1. The molecule has 0 amide bonds. The van der Waals surface area contributed by atoms with Crippen LogP contribution in [0.25, 0.3) is 43.7 Å². The minimum absolute atomic E-state index is 0.957. The number of aromatic nitrogens is 1. The number of hydrogen-bond donors (Lipinski definition) is 0. The number of para-hydroxylation sites is 2. The third-order valence-corrected chi connectivity index (χ3v) is 5.12. The molecule has 2 aromatic heterocycles. The van der Waals surface area contributed by atoms with Gasteiger partial charge >= 0.3 is 0 Å². The Balaban J connectivity index is 1.97. The number of benzene rings is 3. The van der Waals surface area contributed by atoms with E-state index in [9.17, 15) is 0 Å². The lowest BCUT2D eigenvalue weighted by Gasteiger charge is -2.04. The molecule has 0 N–H and O–H groups in total. The van der Waals surface area contributed by atoms with Gasteiger partial charge in [-0.05, 0) is 24.1 Å². The van der Waals surface area contributed by atoms with Crippen LogP contribution >= 0.6 is 0 Å². The molecule has 0 aliphatic rings. The lowest BCUT2D eigenvalue weighted by Crippen LogP contribution is -1.92. The fourth-order valence-corrected chi connectivity index (χ4v) is 4.05. The number of hydrogen-bond acceptors (Lipinski definition) is 1. The van der Waals surface area contributed by atoms with E-state index in [1.165, 1.54) is 38.1 Å². The Morgan fingerprint density at radius 3 is 2.54 bits per heavy atom. The first kappa shape index (κ1) is 13.7. The maximum absolute atomic E-state index is 6.08. The summed E-state index contributed by atoms with van der Waals surface area (Å²) in [7, 11) is 2.16. The van der Waals surface area contributed by atoms with Gasteiger partial charge in [-0.25, -0.2) is 0 Å². The van der Waals surface area contributed by atoms with Crippen LogP contribution in [0.4, 0.5) is 0 Å². The third kappa shape index (κ3) is 1.71. The highest BCUT2D eigenvalue weighted by Gasteiger charge is 2.15. The van der Waals surface area contributed by atoms with Crippen LogP contribution in [-0.2, 0) is 13.5 Å². The lowest BCUT2D eigenvalue weighted by molar-refractivity contribution is 0.669. The largest absolute Gasteiger partial charge is 0.456 e. The van der Waals surface area contributed by atoms with Crippen molar-refractivity contribution < 1.29 is 4.42 Å². The van der Waals surface area contributed by atoms with Crippen LogP contribution in [0.5, 0.6) is 0 Å². The number of aryl methyl sites for hydroxylation is 2. The molecule has 0 fully saturated rings. The van der Waals surface area contributed by atoms with Crippen LogP contribution < -0.4 is 0 Å². The maximum atomic E-state index is 6.08. The van der Waals surface area contributed by atoms with E-state index < -0.39 is 0 Å². The van der Waals surface area contributed by atoms with Crippen molar-refractivity contribution in [3.63, 3.8) is 0 Å². The second-order valence-electron chi connectivity index (χ2n) is 6.59. The smallest absolute Gasteiger partial charge is 0.137 e. The van der Waals surface area contributed by atoms with Crippen molar-refractivity contribution in [3.05, 3.63) is 60.2 Å². The Morgan fingerprint density at radius 2 is 1.67 bits per heavy atom. The fraction of sp³-hybridized carbons (Fsp3) is 0.182. The van der Waals surface area contributed by atoms with Gasteiger partial charge in [-0.15, -0.1) is 0 Å². The molecule has 24 heavy (non-hydrogen) atoms. The van der Waals surface area contributed by atoms with E-state index in [2.05, 4.69) is 61.0 Å². The van der Waals surface area contributed by atoms with Crippen LogP contribution in [-0.4, -0.2) is 4.57 Å². The van der Waals surface area contributed by atoms with E-state index in [1.807, 2.05) is 12.1 Å². The zero-order valence-electron chi connectivity index (χ0n) is 14.0. The SMILES string of the molecule is CCCc1cccc2c3cc4c(cc3n(C)c12)oc1ccccc14. The molecule has 0 saturated heterocycles.